The maximum atomic E-state index is 4.39. The van der Waals surface area contributed by atoms with E-state index in [-0.39, 0.29) is 5.54 Å². The van der Waals surface area contributed by atoms with Crippen molar-refractivity contribution in [1.82, 2.24) is 20.1 Å². The van der Waals surface area contributed by atoms with Gasteiger partial charge in [-0.3, -0.25) is 0 Å². The van der Waals surface area contributed by atoms with Crippen molar-refractivity contribution >= 4 is 0 Å². The second-order valence-corrected chi connectivity index (χ2v) is 6.26. The Morgan fingerprint density at radius 3 is 2.80 bits per heavy atom. The van der Waals surface area contributed by atoms with E-state index in [1.807, 2.05) is 29.2 Å². The Kier molecular flexibility index (Phi) is 4.55. The van der Waals surface area contributed by atoms with E-state index in [2.05, 4.69) is 49.3 Å². The van der Waals surface area contributed by atoms with E-state index >= 15 is 0 Å². The molecule has 0 aromatic carbocycles. The predicted molar refractivity (Wildman–Crippen MR) is 82.2 cm³/mol. The molecule has 4 heteroatoms. The maximum Gasteiger partial charge on any atom is 0.153 e. The Labute approximate surface area is 121 Å². The number of nitrogens with one attached hydrogen (secondary N) is 1. The Morgan fingerprint density at radius 2 is 2.10 bits per heavy atom. The van der Waals surface area contributed by atoms with Crippen molar-refractivity contribution in [3.63, 3.8) is 0 Å². The van der Waals surface area contributed by atoms with Gasteiger partial charge in [-0.1, -0.05) is 0 Å². The fraction of sp³-hybridized carbons (Fsp3) is 0.500. The molecule has 0 aliphatic carbocycles. The average molecular weight is 272 g/mol. The highest BCUT2D eigenvalue weighted by Gasteiger charge is 2.08. The number of rotatable bonds is 5. The van der Waals surface area contributed by atoms with Gasteiger partial charge in [-0.05, 0) is 70.3 Å². The summed E-state index contributed by atoms with van der Waals surface area (Å²) in [5, 5.41) is 7.89. The van der Waals surface area contributed by atoms with Gasteiger partial charge in [-0.15, -0.1) is 0 Å². The van der Waals surface area contributed by atoms with Crippen LogP contribution in [0.4, 0.5) is 0 Å². The van der Waals surface area contributed by atoms with Crippen molar-refractivity contribution in [1.29, 1.82) is 0 Å². The van der Waals surface area contributed by atoms with Gasteiger partial charge in [0, 0.05) is 17.9 Å². The van der Waals surface area contributed by atoms with Crippen molar-refractivity contribution in [3.8, 4) is 5.82 Å². The Balaban J connectivity index is 1.90. The highest BCUT2D eigenvalue weighted by Crippen LogP contribution is 2.09. The summed E-state index contributed by atoms with van der Waals surface area (Å²) in [6.07, 6.45) is 7.97. The molecule has 0 bridgehead atoms. The molecule has 0 aliphatic heterocycles. The highest BCUT2D eigenvalue weighted by atomic mass is 15.3. The number of pyridine rings is 1. The van der Waals surface area contributed by atoms with Gasteiger partial charge in [0.15, 0.2) is 5.82 Å². The number of aromatic nitrogens is 3. The molecule has 0 fully saturated rings. The third kappa shape index (κ3) is 4.46. The fourth-order valence-electron chi connectivity index (χ4n) is 2.02. The standard InChI is InChI=1S/C16H24N4/c1-13-7-9-17-15(10-13)20-12-14(11-19-20)6-5-8-18-16(2,3)4/h7,9-12,18H,5-6,8H2,1-4H3. The zero-order valence-electron chi connectivity index (χ0n) is 12.8. The molecule has 2 aromatic heterocycles. The molecule has 2 heterocycles. The van der Waals surface area contributed by atoms with Crippen LogP contribution in [0.2, 0.25) is 0 Å². The second kappa shape index (κ2) is 6.18. The minimum absolute atomic E-state index is 0.190. The van der Waals surface area contributed by atoms with Gasteiger partial charge < -0.3 is 5.32 Å². The lowest BCUT2D eigenvalue weighted by molar-refractivity contribution is 0.422. The molecule has 0 saturated carbocycles. The smallest absolute Gasteiger partial charge is 0.153 e. The van der Waals surface area contributed by atoms with E-state index in [4.69, 9.17) is 0 Å². The molecule has 0 radical (unpaired) electrons. The summed E-state index contributed by atoms with van der Waals surface area (Å²) >= 11 is 0. The van der Waals surface area contributed by atoms with E-state index in [1.165, 1.54) is 11.1 Å². The molecule has 4 nitrogen and oxygen atoms in total. The highest BCUT2D eigenvalue weighted by molar-refractivity contribution is 5.27. The molecule has 0 atom stereocenters. The summed E-state index contributed by atoms with van der Waals surface area (Å²) < 4.78 is 1.85. The number of aryl methyl sites for hydroxylation is 2. The minimum Gasteiger partial charge on any atom is -0.312 e. The first kappa shape index (κ1) is 14.7. The largest absolute Gasteiger partial charge is 0.312 e. The van der Waals surface area contributed by atoms with Gasteiger partial charge in [0.2, 0.25) is 0 Å². The normalized spacial score (nSPS) is 11.8. The summed E-state index contributed by atoms with van der Waals surface area (Å²) in [5.41, 5.74) is 2.64. The van der Waals surface area contributed by atoms with Crippen LogP contribution in [0.3, 0.4) is 0 Å². The van der Waals surface area contributed by atoms with E-state index < -0.39 is 0 Å². The van der Waals surface area contributed by atoms with Crippen LogP contribution < -0.4 is 5.32 Å². The molecule has 0 aliphatic rings. The topological polar surface area (TPSA) is 42.7 Å². The second-order valence-electron chi connectivity index (χ2n) is 6.26. The zero-order chi connectivity index (χ0) is 14.6. The average Bonchev–Trinajstić information content (AvgIpc) is 2.82. The van der Waals surface area contributed by atoms with Crippen LogP contribution in [-0.4, -0.2) is 26.8 Å². The van der Waals surface area contributed by atoms with Gasteiger partial charge >= 0.3 is 0 Å². The first-order chi connectivity index (χ1) is 9.44. The summed E-state index contributed by atoms with van der Waals surface area (Å²) in [6, 6.07) is 4.03. The molecule has 108 valence electrons. The van der Waals surface area contributed by atoms with E-state index in [0.717, 1.165) is 25.2 Å². The van der Waals surface area contributed by atoms with Crippen LogP contribution >= 0.6 is 0 Å². The summed E-state index contributed by atoms with van der Waals surface area (Å²) in [7, 11) is 0. The Morgan fingerprint density at radius 1 is 1.30 bits per heavy atom. The molecule has 0 unspecified atom stereocenters. The van der Waals surface area contributed by atoms with Gasteiger partial charge in [0.05, 0.1) is 6.20 Å². The van der Waals surface area contributed by atoms with Crippen LogP contribution in [-0.2, 0) is 6.42 Å². The Hall–Kier alpha value is -1.68. The van der Waals surface area contributed by atoms with Gasteiger partial charge in [-0.25, -0.2) is 9.67 Å². The molecule has 0 spiro atoms. The lowest BCUT2D eigenvalue weighted by Crippen LogP contribution is -2.36. The zero-order valence-corrected chi connectivity index (χ0v) is 12.8. The van der Waals surface area contributed by atoms with Crippen molar-refractivity contribution in [2.75, 3.05) is 6.54 Å². The van der Waals surface area contributed by atoms with Crippen molar-refractivity contribution in [3.05, 3.63) is 41.9 Å². The third-order valence-electron chi connectivity index (χ3n) is 3.07. The quantitative estimate of drug-likeness (QED) is 0.851. The number of nitrogens with zero attached hydrogens (tertiary/aromatic N) is 3. The summed E-state index contributed by atoms with van der Waals surface area (Å²) in [4.78, 5) is 4.34. The van der Waals surface area contributed by atoms with Crippen LogP contribution in [0.15, 0.2) is 30.7 Å². The molecular formula is C16H24N4. The van der Waals surface area contributed by atoms with Crippen LogP contribution in [0.5, 0.6) is 0 Å². The maximum absolute atomic E-state index is 4.39. The SMILES string of the molecule is Cc1ccnc(-n2cc(CCCNC(C)(C)C)cn2)c1. The molecule has 2 aromatic rings. The fourth-order valence-corrected chi connectivity index (χ4v) is 2.02. The predicted octanol–water partition coefficient (Wildman–Crippen LogP) is 2.90. The van der Waals surface area contributed by atoms with Crippen LogP contribution in [0.1, 0.15) is 38.3 Å². The first-order valence-corrected chi connectivity index (χ1v) is 7.16. The summed E-state index contributed by atoms with van der Waals surface area (Å²) in [6.45, 7) is 9.66. The molecule has 0 amide bonds. The number of hydrogen-bond donors (Lipinski definition) is 1. The number of hydrogen-bond acceptors (Lipinski definition) is 3. The van der Waals surface area contributed by atoms with Crippen molar-refractivity contribution < 1.29 is 0 Å². The van der Waals surface area contributed by atoms with Gasteiger partial charge in [-0.2, -0.15) is 5.10 Å². The third-order valence-corrected chi connectivity index (χ3v) is 3.07. The van der Waals surface area contributed by atoms with Gasteiger partial charge in [0.25, 0.3) is 0 Å². The van der Waals surface area contributed by atoms with Crippen molar-refractivity contribution in [2.45, 2.75) is 46.1 Å². The van der Waals surface area contributed by atoms with Gasteiger partial charge in [0.1, 0.15) is 0 Å². The summed E-state index contributed by atoms with van der Waals surface area (Å²) in [5.74, 6) is 0.879. The molecular weight excluding hydrogens is 248 g/mol. The molecule has 20 heavy (non-hydrogen) atoms. The van der Waals surface area contributed by atoms with Crippen LogP contribution in [0, 0.1) is 6.92 Å². The lowest BCUT2D eigenvalue weighted by Gasteiger charge is -2.20. The van der Waals surface area contributed by atoms with E-state index in [1.54, 1.807) is 0 Å². The first-order valence-electron chi connectivity index (χ1n) is 7.16. The van der Waals surface area contributed by atoms with E-state index in [9.17, 15) is 0 Å². The monoisotopic (exact) mass is 272 g/mol. The van der Waals surface area contributed by atoms with E-state index in [0.29, 0.717) is 0 Å². The van der Waals surface area contributed by atoms with Crippen LogP contribution in [0.25, 0.3) is 5.82 Å². The molecule has 0 saturated heterocycles. The van der Waals surface area contributed by atoms with Crippen molar-refractivity contribution in [2.24, 2.45) is 0 Å². The minimum atomic E-state index is 0.190. The Bertz CT molecular complexity index is 552. The lowest BCUT2D eigenvalue weighted by atomic mass is 10.1. The molecule has 1 N–H and O–H groups in total. The molecule has 2 rings (SSSR count).